The Hall–Kier alpha value is -1.87. The third-order valence-electron chi connectivity index (χ3n) is 3.43. The van der Waals surface area contributed by atoms with Gasteiger partial charge in [0.15, 0.2) is 0 Å². The van der Waals surface area contributed by atoms with E-state index in [1.54, 1.807) is 6.20 Å². The predicted molar refractivity (Wildman–Crippen MR) is 84.4 cm³/mol. The monoisotopic (exact) mass is 285 g/mol. The molecule has 0 fully saturated rings. The molecule has 0 aliphatic heterocycles. The van der Waals surface area contributed by atoms with Crippen LogP contribution in [0.2, 0.25) is 0 Å². The van der Waals surface area contributed by atoms with Crippen molar-refractivity contribution in [2.75, 3.05) is 6.61 Å². The van der Waals surface area contributed by atoms with Crippen LogP contribution < -0.4 is 4.74 Å². The summed E-state index contributed by atoms with van der Waals surface area (Å²) < 4.78 is 5.64. The van der Waals surface area contributed by atoms with Crippen LogP contribution in [0.5, 0.6) is 5.75 Å². The molecular formula is C18H23NO2. The molecule has 0 amide bonds. The van der Waals surface area contributed by atoms with E-state index in [4.69, 9.17) is 4.74 Å². The van der Waals surface area contributed by atoms with Crippen molar-refractivity contribution in [2.45, 2.75) is 38.7 Å². The van der Waals surface area contributed by atoms with Crippen LogP contribution in [0.1, 0.15) is 43.5 Å². The zero-order chi connectivity index (χ0) is 14.9. The number of pyridine rings is 1. The smallest absolute Gasteiger partial charge is 0.119 e. The van der Waals surface area contributed by atoms with E-state index in [1.807, 2.05) is 30.3 Å². The molecule has 1 aromatic heterocycles. The number of aryl methyl sites for hydroxylation is 1. The van der Waals surface area contributed by atoms with Gasteiger partial charge in [-0.2, -0.15) is 0 Å². The first kappa shape index (κ1) is 15.5. The maximum atomic E-state index is 10.1. The number of unbranched alkanes of at least 4 members (excludes halogenated alkanes) is 1. The fourth-order valence-electron chi connectivity index (χ4n) is 2.11. The summed E-state index contributed by atoms with van der Waals surface area (Å²) in [7, 11) is 0. The van der Waals surface area contributed by atoms with Crippen LogP contribution in [0.15, 0.2) is 48.7 Å². The van der Waals surface area contributed by atoms with Gasteiger partial charge in [0.05, 0.1) is 18.4 Å². The fourth-order valence-corrected chi connectivity index (χ4v) is 2.11. The van der Waals surface area contributed by atoms with E-state index in [9.17, 15) is 5.11 Å². The molecule has 1 unspecified atom stereocenters. The highest BCUT2D eigenvalue weighted by Gasteiger charge is 2.08. The lowest BCUT2D eigenvalue weighted by atomic mass is 10.0. The van der Waals surface area contributed by atoms with Crippen molar-refractivity contribution >= 4 is 0 Å². The number of aliphatic hydroxyl groups is 1. The first-order valence-electron chi connectivity index (χ1n) is 7.60. The van der Waals surface area contributed by atoms with Gasteiger partial charge in [-0.1, -0.05) is 31.5 Å². The fraction of sp³-hybridized carbons (Fsp3) is 0.389. The molecule has 2 rings (SSSR count). The SMILES string of the molecule is CCCCOc1ccc(CCC(O)c2ccccn2)cc1. The Morgan fingerprint density at radius 2 is 1.95 bits per heavy atom. The van der Waals surface area contributed by atoms with Crippen molar-refractivity contribution in [2.24, 2.45) is 0 Å². The lowest BCUT2D eigenvalue weighted by Crippen LogP contribution is -2.02. The average molecular weight is 285 g/mol. The number of benzene rings is 1. The van der Waals surface area contributed by atoms with E-state index in [2.05, 4.69) is 24.0 Å². The summed E-state index contributed by atoms with van der Waals surface area (Å²) in [5.74, 6) is 0.914. The number of hydrogen-bond donors (Lipinski definition) is 1. The second-order valence-corrected chi connectivity index (χ2v) is 5.16. The summed E-state index contributed by atoms with van der Waals surface area (Å²) in [6.45, 7) is 2.92. The van der Waals surface area contributed by atoms with Gasteiger partial charge < -0.3 is 9.84 Å². The Balaban J connectivity index is 1.80. The summed E-state index contributed by atoms with van der Waals surface area (Å²) >= 11 is 0. The van der Waals surface area contributed by atoms with Crippen molar-refractivity contribution in [3.63, 3.8) is 0 Å². The molecule has 0 bridgehead atoms. The minimum absolute atomic E-state index is 0.508. The Labute approximate surface area is 126 Å². The van der Waals surface area contributed by atoms with Crippen LogP contribution in [0.4, 0.5) is 0 Å². The quantitative estimate of drug-likeness (QED) is 0.747. The topological polar surface area (TPSA) is 42.4 Å². The third-order valence-corrected chi connectivity index (χ3v) is 3.43. The van der Waals surface area contributed by atoms with Crippen LogP contribution in [-0.4, -0.2) is 16.7 Å². The van der Waals surface area contributed by atoms with Gasteiger partial charge in [-0.3, -0.25) is 4.98 Å². The van der Waals surface area contributed by atoms with E-state index in [0.717, 1.165) is 37.3 Å². The van der Waals surface area contributed by atoms with E-state index < -0.39 is 6.10 Å². The van der Waals surface area contributed by atoms with Crippen LogP contribution in [0, 0.1) is 0 Å². The Bertz CT molecular complexity index is 511. The van der Waals surface area contributed by atoms with Gasteiger partial charge in [-0.15, -0.1) is 0 Å². The molecule has 1 N–H and O–H groups in total. The molecule has 0 aliphatic carbocycles. The zero-order valence-corrected chi connectivity index (χ0v) is 12.5. The number of aromatic nitrogens is 1. The van der Waals surface area contributed by atoms with Gasteiger partial charge >= 0.3 is 0 Å². The highest BCUT2D eigenvalue weighted by Crippen LogP contribution is 2.19. The minimum atomic E-state index is -0.508. The maximum Gasteiger partial charge on any atom is 0.119 e. The highest BCUT2D eigenvalue weighted by molar-refractivity contribution is 5.27. The largest absolute Gasteiger partial charge is 0.494 e. The summed E-state index contributed by atoms with van der Waals surface area (Å²) in [6.07, 6.45) is 4.93. The van der Waals surface area contributed by atoms with Gasteiger partial charge in [-0.05, 0) is 49.1 Å². The zero-order valence-electron chi connectivity index (χ0n) is 12.5. The lowest BCUT2D eigenvalue weighted by Gasteiger charge is -2.10. The first-order chi connectivity index (χ1) is 10.3. The number of hydrogen-bond acceptors (Lipinski definition) is 3. The first-order valence-corrected chi connectivity index (χ1v) is 7.60. The Kier molecular flexibility index (Phi) is 6.22. The number of ether oxygens (including phenoxy) is 1. The van der Waals surface area contributed by atoms with Crippen molar-refractivity contribution < 1.29 is 9.84 Å². The second kappa shape index (κ2) is 8.42. The van der Waals surface area contributed by atoms with Gasteiger partial charge in [0.25, 0.3) is 0 Å². The minimum Gasteiger partial charge on any atom is -0.494 e. The van der Waals surface area contributed by atoms with E-state index >= 15 is 0 Å². The number of rotatable bonds is 8. The van der Waals surface area contributed by atoms with Crippen molar-refractivity contribution in [3.8, 4) is 5.75 Å². The van der Waals surface area contributed by atoms with Crippen molar-refractivity contribution in [3.05, 3.63) is 59.9 Å². The summed E-state index contributed by atoms with van der Waals surface area (Å²) in [6, 6.07) is 13.7. The molecule has 0 saturated carbocycles. The van der Waals surface area contributed by atoms with Crippen LogP contribution in [0.25, 0.3) is 0 Å². The van der Waals surface area contributed by atoms with Crippen LogP contribution in [0.3, 0.4) is 0 Å². The molecule has 0 aliphatic rings. The Morgan fingerprint density at radius 3 is 2.62 bits per heavy atom. The molecular weight excluding hydrogens is 262 g/mol. The third kappa shape index (κ3) is 5.20. The molecule has 112 valence electrons. The lowest BCUT2D eigenvalue weighted by molar-refractivity contribution is 0.163. The van der Waals surface area contributed by atoms with Gasteiger partial charge in [-0.25, -0.2) is 0 Å². The predicted octanol–water partition coefficient (Wildman–Crippen LogP) is 3.93. The number of aliphatic hydroxyl groups excluding tert-OH is 1. The standard InChI is InChI=1S/C18H23NO2/c1-2-3-14-21-16-10-7-15(8-11-16)9-12-18(20)17-6-4-5-13-19-17/h4-8,10-11,13,18,20H,2-3,9,12,14H2,1H3. The summed E-state index contributed by atoms with van der Waals surface area (Å²) in [5, 5.41) is 10.1. The molecule has 21 heavy (non-hydrogen) atoms. The average Bonchev–Trinajstić information content (AvgIpc) is 2.55. The molecule has 0 saturated heterocycles. The van der Waals surface area contributed by atoms with E-state index in [0.29, 0.717) is 6.42 Å². The van der Waals surface area contributed by atoms with Gasteiger partial charge in [0.2, 0.25) is 0 Å². The molecule has 1 heterocycles. The maximum absolute atomic E-state index is 10.1. The van der Waals surface area contributed by atoms with Crippen molar-refractivity contribution in [1.82, 2.24) is 4.98 Å². The molecule has 3 nitrogen and oxygen atoms in total. The summed E-state index contributed by atoms with van der Waals surface area (Å²) in [4.78, 5) is 4.18. The van der Waals surface area contributed by atoms with Crippen LogP contribution in [-0.2, 0) is 6.42 Å². The molecule has 0 radical (unpaired) electrons. The second-order valence-electron chi connectivity index (χ2n) is 5.16. The Morgan fingerprint density at radius 1 is 1.14 bits per heavy atom. The molecule has 1 aromatic carbocycles. The van der Waals surface area contributed by atoms with E-state index in [1.165, 1.54) is 5.56 Å². The molecule has 3 heteroatoms. The number of nitrogens with zero attached hydrogens (tertiary/aromatic N) is 1. The highest BCUT2D eigenvalue weighted by atomic mass is 16.5. The molecule has 2 aromatic rings. The van der Waals surface area contributed by atoms with E-state index in [-0.39, 0.29) is 0 Å². The normalized spacial score (nSPS) is 12.1. The van der Waals surface area contributed by atoms with Gasteiger partial charge in [0.1, 0.15) is 5.75 Å². The van der Waals surface area contributed by atoms with Gasteiger partial charge in [0, 0.05) is 6.20 Å². The van der Waals surface area contributed by atoms with Crippen molar-refractivity contribution in [1.29, 1.82) is 0 Å². The molecule has 1 atom stereocenters. The van der Waals surface area contributed by atoms with Crippen LogP contribution >= 0.6 is 0 Å². The molecule has 0 spiro atoms. The summed E-state index contributed by atoms with van der Waals surface area (Å²) in [5.41, 5.74) is 1.94.